The SMILES string of the molecule is CC(C)=CC[Si]c1ccc(C)cc1. The lowest BCUT2D eigenvalue weighted by molar-refractivity contribution is 1.36. The van der Waals surface area contributed by atoms with E-state index in [1.54, 1.807) is 0 Å². The highest BCUT2D eigenvalue weighted by Gasteiger charge is 1.91. The predicted molar refractivity (Wildman–Crippen MR) is 60.8 cm³/mol. The van der Waals surface area contributed by atoms with Crippen molar-refractivity contribution >= 4 is 14.7 Å². The lowest BCUT2D eigenvalue weighted by atomic mass is 10.2. The molecule has 0 aromatic heterocycles. The summed E-state index contributed by atoms with van der Waals surface area (Å²) in [7, 11) is 0.917. The molecule has 0 spiro atoms. The normalized spacial score (nSPS) is 9.77. The van der Waals surface area contributed by atoms with E-state index in [2.05, 4.69) is 51.1 Å². The molecule has 0 fully saturated rings. The molecular weight excluding hydrogens is 172 g/mol. The summed E-state index contributed by atoms with van der Waals surface area (Å²) in [6.07, 6.45) is 2.30. The van der Waals surface area contributed by atoms with E-state index in [-0.39, 0.29) is 0 Å². The predicted octanol–water partition coefficient (Wildman–Crippen LogP) is 2.71. The van der Waals surface area contributed by atoms with Gasteiger partial charge in [0.2, 0.25) is 0 Å². The molecule has 68 valence electrons. The van der Waals surface area contributed by atoms with Crippen LogP contribution in [0.4, 0.5) is 0 Å². The topological polar surface area (TPSA) is 0 Å². The highest BCUT2D eigenvalue weighted by Crippen LogP contribution is 1.95. The summed E-state index contributed by atoms with van der Waals surface area (Å²) in [4.78, 5) is 0. The fourth-order valence-corrected chi connectivity index (χ4v) is 2.19. The first-order chi connectivity index (χ1) is 6.18. The Bertz CT molecular complexity index is 278. The van der Waals surface area contributed by atoms with Gasteiger partial charge in [0.15, 0.2) is 0 Å². The fraction of sp³-hybridized carbons (Fsp3) is 0.333. The Morgan fingerprint density at radius 3 is 2.38 bits per heavy atom. The highest BCUT2D eigenvalue weighted by atomic mass is 28.2. The smallest absolute Gasteiger partial charge is 0.0849 e. The molecule has 1 rings (SSSR count). The second kappa shape index (κ2) is 5.03. The monoisotopic (exact) mass is 188 g/mol. The molecule has 1 aromatic rings. The molecule has 0 saturated heterocycles. The van der Waals surface area contributed by atoms with Crippen molar-refractivity contribution in [3.63, 3.8) is 0 Å². The molecule has 1 aromatic carbocycles. The number of aryl methyl sites for hydroxylation is 1. The standard InChI is InChI=1S/C12H16Si/c1-10(2)8-9-13-12-6-4-11(3)5-7-12/h4-8H,9H2,1-3H3. The van der Waals surface area contributed by atoms with Crippen molar-refractivity contribution in [3.05, 3.63) is 41.5 Å². The highest BCUT2D eigenvalue weighted by molar-refractivity contribution is 6.53. The van der Waals surface area contributed by atoms with Crippen molar-refractivity contribution in [1.29, 1.82) is 0 Å². The van der Waals surface area contributed by atoms with Crippen LogP contribution in [-0.2, 0) is 0 Å². The second-order valence-electron chi connectivity index (χ2n) is 3.53. The first-order valence-corrected chi connectivity index (χ1v) is 5.83. The molecule has 0 N–H and O–H groups in total. The Morgan fingerprint density at radius 1 is 1.23 bits per heavy atom. The molecule has 0 aliphatic heterocycles. The lowest BCUT2D eigenvalue weighted by Gasteiger charge is -1.98. The van der Waals surface area contributed by atoms with Crippen molar-refractivity contribution in [2.75, 3.05) is 0 Å². The van der Waals surface area contributed by atoms with Crippen molar-refractivity contribution in [2.24, 2.45) is 0 Å². The van der Waals surface area contributed by atoms with Crippen molar-refractivity contribution in [3.8, 4) is 0 Å². The molecule has 2 radical (unpaired) electrons. The molecule has 0 saturated carbocycles. The number of benzene rings is 1. The molecule has 13 heavy (non-hydrogen) atoms. The van der Waals surface area contributed by atoms with E-state index >= 15 is 0 Å². The average Bonchev–Trinajstić information content (AvgIpc) is 2.08. The van der Waals surface area contributed by atoms with Gasteiger partial charge in [-0.2, -0.15) is 0 Å². The fourth-order valence-electron chi connectivity index (χ4n) is 1.04. The number of hydrogen-bond donors (Lipinski definition) is 0. The van der Waals surface area contributed by atoms with Crippen LogP contribution < -0.4 is 5.19 Å². The van der Waals surface area contributed by atoms with E-state index in [1.165, 1.54) is 22.4 Å². The van der Waals surface area contributed by atoms with Crippen LogP contribution >= 0.6 is 0 Å². The van der Waals surface area contributed by atoms with Crippen molar-refractivity contribution < 1.29 is 0 Å². The summed E-state index contributed by atoms with van der Waals surface area (Å²) in [5.41, 5.74) is 2.76. The minimum Gasteiger partial charge on any atom is -0.0886 e. The van der Waals surface area contributed by atoms with Crippen LogP contribution in [0.1, 0.15) is 19.4 Å². The zero-order chi connectivity index (χ0) is 9.68. The largest absolute Gasteiger partial charge is 0.0886 e. The van der Waals surface area contributed by atoms with Gasteiger partial charge in [-0.1, -0.05) is 46.7 Å². The molecule has 0 bridgehead atoms. The minimum atomic E-state index is 0.917. The van der Waals surface area contributed by atoms with E-state index in [4.69, 9.17) is 0 Å². The van der Waals surface area contributed by atoms with Gasteiger partial charge in [-0.05, 0) is 26.8 Å². The molecule has 0 heterocycles. The maximum absolute atomic E-state index is 2.30. The van der Waals surface area contributed by atoms with Gasteiger partial charge in [-0.25, -0.2) is 0 Å². The first kappa shape index (κ1) is 10.3. The molecule has 0 aliphatic carbocycles. The second-order valence-corrected chi connectivity index (χ2v) is 4.87. The van der Waals surface area contributed by atoms with Crippen molar-refractivity contribution in [1.82, 2.24) is 0 Å². The number of hydrogen-bond acceptors (Lipinski definition) is 0. The van der Waals surface area contributed by atoms with Gasteiger partial charge < -0.3 is 0 Å². The Morgan fingerprint density at radius 2 is 1.85 bits per heavy atom. The Kier molecular flexibility index (Phi) is 3.97. The van der Waals surface area contributed by atoms with Crippen LogP contribution in [0.3, 0.4) is 0 Å². The first-order valence-electron chi connectivity index (χ1n) is 4.62. The van der Waals surface area contributed by atoms with Gasteiger partial charge in [0.1, 0.15) is 0 Å². The molecule has 1 heteroatoms. The van der Waals surface area contributed by atoms with Gasteiger partial charge in [0, 0.05) is 0 Å². The summed E-state index contributed by atoms with van der Waals surface area (Å²) >= 11 is 0. The van der Waals surface area contributed by atoms with Crippen LogP contribution in [0.15, 0.2) is 35.9 Å². The van der Waals surface area contributed by atoms with Crippen LogP contribution in [0.2, 0.25) is 6.04 Å². The third-order valence-corrected chi connectivity index (χ3v) is 3.02. The molecular formula is C12H16Si. The molecule has 0 nitrogen and oxygen atoms in total. The third-order valence-electron chi connectivity index (χ3n) is 1.87. The Labute approximate surface area is 83.5 Å². The zero-order valence-electron chi connectivity index (χ0n) is 8.59. The van der Waals surface area contributed by atoms with Crippen LogP contribution in [0.5, 0.6) is 0 Å². The number of rotatable bonds is 3. The number of allylic oxidation sites excluding steroid dienone is 2. The summed E-state index contributed by atoms with van der Waals surface area (Å²) < 4.78 is 0. The summed E-state index contributed by atoms with van der Waals surface area (Å²) in [6, 6.07) is 10.0. The maximum Gasteiger partial charge on any atom is 0.0849 e. The van der Waals surface area contributed by atoms with E-state index in [9.17, 15) is 0 Å². The molecule has 0 unspecified atom stereocenters. The summed E-state index contributed by atoms with van der Waals surface area (Å²) in [6.45, 7) is 6.43. The van der Waals surface area contributed by atoms with E-state index in [0.29, 0.717) is 0 Å². The van der Waals surface area contributed by atoms with Gasteiger partial charge in [0.05, 0.1) is 9.52 Å². The van der Waals surface area contributed by atoms with Gasteiger partial charge >= 0.3 is 0 Å². The third kappa shape index (κ3) is 4.09. The van der Waals surface area contributed by atoms with Crippen LogP contribution in [-0.4, -0.2) is 9.52 Å². The van der Waals surface area contributed by atoms with Gasteiger partial charge in [0.25, 0.3) is 0 Å². The van der Waals surface area contributed by atoms with Crippen LogP contribution in [0.25, 0.3) is 0 Å². The lowest BCUT2D eigenvalue weighted by Crippen LogP contribution is -2.11. The maximum atomic E-state index is 2.30. The van der Waals surface area contributed by atoms with E-state index in [0.717, 1.165) is 9.52 Å². The van der Waals surface area contributed by atoms with Crippen LogP contribution in [0, 0.1) is 6.92 Å². The molecule has 0 aliphatic rings. The summed E-state index contributed by atoms with van der Waals surface area (Å²) in [5.74, 6) is 0. The van der Waals surface area contributed by atoms with Crippen molar-refractivity contribution in [2.45, 2.75) is 26.8 Å². The van der Waals surface area contributed by atoms with E-state index in [1.807, 2.05) is 0 Å². The Balaban J connectivity index is 2.46. The average molecular weight is 188 g/mol. The minimum absolute atomic E-state index is 0.917. The molecule has 0 atom stereocenters. The van der Waals surface area contributed by atoms with Gasteiger partial charge in [-0.3, -0.25) is 0 Å². The zero-order valence-corrected chi connectivity index (χ0v) is 9.59. The summed E-state index contributed by atoms with van der Waals surface area (Å²) in [5, 5.41) is 1.46. The quantitative estimate of drug-likeness (QED) is 0.505. The van der Waals surface area contributed by atoms with E-state index < -0.39 is 0 Å². The Hall–Kier alpha value is -0.823. The van der Waals surface area contributed by atoms with Gasteiger partial charge in [-0.15, -0.1) is 0 Å². The molecule has 0 amide bonds.